The van der Waals surface area contributed by atoms with Crippen molar-refractivity contribution in [1.29, 1.82) is 0 Å². The Bertz CT molecular complexity index is 286. The molecule has 0 unspecified atom stereocenters. The Morgan fingerprint density at radius 3 is 2.94 bits per heavy atom. The van der Waals surface area contributed by atoms with E-state index in [1.54, 1.807) is 0 Å². The Morgan fingerprint density at radius 2 is 2.18 bits per heavy atom. The Hall–Kier alpha value is -0.870. The van der Waals surface area contributed by atoms with Crippen LogP contribution in [0.5, 0.6) is 0 Å². The summed E-state index contributed by atoms with van der Waals surface area (Å²) in [7, 11) is 0. The van der Waals surface area contributed by atoms with E-state index in [9.17, 15) is 0 Å². The molecule has 98 valence electrons. The summed E-state index contributed by atoms with van der Waals surface area (Å²) in [6.07, 6.45) is 5.34. The third-order valence-corrected chi connectivity index (χ3v) is 2.61. The standard InChI is InChI=1S/C13H25N3O/c1-3-5-10-17-11-8-14-12-13-6-7-15-16(13)9-4-2/h6-7,14H,3-5,8-12H2,1-2H3. The van der Waals surface area contributed by atoms with Gasteiger partial charge in [0.1, 0.15) is 0 Å². The molecule has 0 aliphatic carbocycles. The lowest BCUT2D eigenvalue weighted by molar-refractivity contribution is 0.132. The van der Waals surface area contributed by atoms with Crippen LogP contribution in [0.15, 0.2) is 12.3 Å². The predicted octanol–water partition coefficient (Wildman–Crippen LogP) is 2.20. The highest BCUT2D eigenvalue weighted by Crippen LogP contribution is 1.99. The van der Waals surface area contributed by atoms with E-state index in [-0.39, 0.29) is 0 Å². The molecule has 4 nitrogen and oxygen atoms in total. The van der Waals surface area contributed by atoms with Crippen molar-refractivity contribution < 1.29 is 4.74 Å². The average Bonchev–Trinajstić information content (AvgIpc) is 2.76. The van der Waals surface area contributed by atoms with E-state index in [0.717, 1.165) is 45.7 Å². The quantitative estimate of drug-likeness (QED) is 0.636. The first-order valence-electron chi connectivity index (χ1n) is 6.67. The van der Waals surface area contributed by atoms with Gasteiger partial charge in [0, 0.05) is 32.4 Å². The van der Waals surface area contributed by atoms with Gasteiger partial charge in [0.15, 0.2) is 0 Å². The summed E-state index contributed by atoms with van der Waals surface area (Å²) in [6.45, 7) is 8.79. The molecular weight excluding hydrogens is 214 g/mol. The van der Waals surface area contributed by atoms with Gasteiger partial charge in [-0.15, -0.1) is 0 Å². The summed E-state index contributed by atoms with van der Waals surface area (Å²) >= 11 is 0. The molecule has 1 aromatic heterocycles. The molecule has 0 bridgehead atoms. The van der Waals surface area contributed by atoms with Crippen molar-refractivity contribution in [3.8, 4) is 0 Å². The number of unbranched alkanes of at least 4 members (excludes halogenated alkanes) is 1. The van der Waals surface area contributed by atoms with Crippen LogP contribution in [0.1, 0.15) is 38.8 Å². The van der Waals surface area contributed by atoms with Crippen molar-refractivity contribution in [3.05, 3.63) is 18.0 Å². The van der Waals surface area contributed by atoms with Crippen LogP contribution in [0.2, 0.25) is 0 Å². The highest BCUT2D eigenvalue weighted by atomic mass is 16.5. The fourth-order valence-corrected chi connectivity index (χ4v) is 1.63. The lowest BCUT2D eigenvalue weighted by atomic mass is 10.4. The molecule has 1 aromatic rings. The topological polar surface area (TPSA) is 39.1 Å². The van der Waals surface area contributed by atoms with Crippen LogP contribution < -0.4 is 5.32 Å². The molecule has 1 rings (SSSR count). The molecule has 0 aromatic carbocycles. The van der Waals surface area contributed by atoms with E-state index in [1.165, 1.54) is 12.1 Å². The molecule has 0 aliphatic rings. The van der Waals surface area contributed by atoms with Crippen molar-refractivity contribution in [3.63, 3.8) is 0 Å². The highest BCUT2D eigenvalue weighted by Gasteiger charge is 2.00. The van der Waals surface area contributed by atoms with E-state index in [2.05, 4.69) is 35.0 Å². The van der Waals surface area contributed by atoms with Crippen LogP contribution >= 0.6 is 0 Å². The smallest absolute Gasteiger partial charge is 0.0591 e. The van der Waals surface area contributed by atoms with Gasteiger partial charge in [0.2, 0.25) is 0 Å². The zero-order chi connectivity index (χ0) is 12.3. The summed E-state index contributed by atoms with van der Waals surface area (Å²) in [5.41, 5.74) is 1.25. The van der Waals surface area contributed by atoms with Gasteiger partial charge >= 0.3 is 0 Å². The second-order valence-electron chi connectivity index (χ2n) is 4.19. The molecule has 17 heavy (non-hydrogen) atoms. The molecule has 1 N–H and O–H groups in total. The second-order valence-corrected chi connectivity index (χ2v) is 4.19. The maximum absolute atomic E-state index is 5.49. The normalized spacial score (nSPS) is 10.9. The third kappa shape index (κ3) is 5.84. The fraction of sp³-hybridized carbons (Fsp3) is 0.769. The van der Waals surface area contributed by atoms with Crippen molar-refractivity contribution in [2.24, 2.45) is 0 Å². The number of aromatic nitrogens is 2. The van der Waals surface area contributed by atoms with Gasteiger partial charge in [-0.1, -0.05) is 20.3 Å². The van der Waals surface area contributed by atoms with E-state index in [4.69, 9.17) is 4.74 Å². The van der Waals surface area contributed by atoms with Gasteiger partial charge < -0.3 is 10.1 Å². The molecule has 0 aliphatic heterocycles. The number of hydrogen-bond acceptors (Lipinski definition) is 3. The summed E-state index contributed by atoms with van der Waals surface area (Å²) in [5, 5.41) is 7.67. The van der Waals surface area contributed by atoms with Crippen molar-refractivity contribution in [2.75, 3.05) is 19.8 Å². The third-order valence-electron chi connectivity index (χ3n) is 2.61. The zero-order valence-electron chi connectivity index (χ0n) is 11.1. The van der Waals surface area contributed by atoms with E-state index >= 15 is 0 Å². The monoisotopic (exact) mass is 239 g/mol. The minimum absolute atomic E-state index is 0.794. The lowest BCUT2D eigenvalue weighted by Gasteiger charge is -2.08. The number of nitrogens with zero attached hydrogens (tertiary/aromatic N) is 2. The van der Waals surface area contributed by atoms with Crippen LogP contribution in [-0.4, -0.2) is 29.5 Å². The zero-order valence-corrected chi connectivity index (χ0v) is 11.1. The number of nitrogens with one attached hydrogen (secondary N) is 1. The van der Waals surface area contributed by atoms with Gasteiger partial charge in [-0.25, -0.2) is 0 Å². The first kappa shape index (κ1) is 14.2. The number of aryl methyl sites for hydroxylation is 1. The van der Waals surface area contributed by atoms with Gasteiger partial charge in [-0.05, 0) is 18.9 Å². The predicted molar refractivity (Wildman–Crippen MR) is 70.0 cm³/mol. The van der Waals surface area contributed by atoms with Crippen molar-refractivity contribution in [2.45, 2.75) is 46.2 Å². The molecule has 0 radical (unpaired) electrons. The van der Waals surface area contributed by atoms with Crippen molar-refractivity contribution >= 4 is 0 Å². The van der Waals surface area contributed by atoms with Crippen LogP contribution in [0.25, 0.3) is 0 Å². The molecule has 0 atom stereocenters. The number of hydrogen-bond donors (Lipinski definition) is 1. The first-order chi connectivity index (χ1) is 8.38. The lowest BCUT2D eigenvalue weighted by Crippen LogP contribution is -2.21. The molecule has 0 saturated carbocycles. The maximum Gasteiger partial charge on any atom is 0.0591 e. The van der Waals surface area contributed by atoms with E-state index < -0.39 is 0 Å². The Labute approximate surface area is 104 Å². The Morgan fingerprint density at radius 1 is 1.29 bits per heavy atom. The summed E-state index contributed by atoms with van der Waals surface area (Å²) in [5.74, 6) is 0. The number of rotatable bonds is 10. The summed E-state index contributed by atoms with van der Waals surface area (Å²) < 4.78 is 7.55. The fourth-order valence-electron chi connectivity index (χ4n) is 1.63. The SMILES string of the molecule is CCCCOCCNCc1ccnn1CCC. The second kappa shape index (κ2) is 9.19. The minimum Gasteiger partial charge on any atom is -0.380 e. The molecule has 1 heterocycles. The number of ether oxygens (including phenoxy) is 1. The first-order valence-corrected chi connectivity index (χ1v) is 6.67. The average molecular weight is 239 g/mol. The van der Waals surface area contributed by atoms with Gasteiger partial charge in [0.25, 0.3) is 0 Å². The van der Waals surface area contributed by atoms with Crippen LogP contribution in [-0.2, 0) is 17.8 Å². The molecule has 0 saturated heterocycles. The van der Waals surface area contributed by atoms with Crippen LogP contribution in [0.3, 0.4) is 0 Å². The van der Waals surface area contributed by atoms with E-state index in [0.29, 0.717) is 0 Å². The largest absolute Gasteiger partial charge is 0.380 e. The van der Waals surface area contributed by atoms with Gasteiger partial charge in [-0.3, -0.25) is 4.68 Å². The summed E-state index contributed by atoms with van der Waals surface area (Å²) in [4.78, 5) is 0. The van der Waals surface area contributed by atoms with Crippen LogP contribution in [0.4, 0.5) is 0 Å². The summed E-state index contributed by atoms with van der Waals surface area (Å²) in [6, 6.07) is 2.07. The molecule has 0 spiro atoms. The van der Waals surface area contributed by atoms with Gasteiger partial charge in [0.05, 0.1) is 12.3 Å². The maximum atomic E-state index is 5.49. The Balaban J connectivity index is 2.07. The van der Waals surface area contributed by atoms with Crippen LogP contribution in [0, 0.1) is 0 Å². The molecule has 0 fully saturated rings. The molecule has 4 heteroatoms. The molecule has 0 amide bonds. The highest BCUT2D eigenvalue weighted by molar-refractivity contribution is 4.99. The van der Waals surface area contributed by atoms with Gasteiger partial charge in [-0.2, -0.15) is 5.10 Å². The Kier molecular flexibility index (Phi) is 7.67. The van der Waals surface area contributed by atoms with E-state index in [1.807, 2.05) is 6.20 Å². The van der Waals surface area contributed by atoms with Crippen molar-refractivity contribution in [1.82, 2.24) is 15.1 Å². The molecular formula is C13H25N3O. The minimum atomic E-state index is 0.794.